The van der Waals surface area contributed by atoms with Gasteiger partial charge in [-0.05, 0) is 24.0 Å². The molecule has 0 fully saturated rings. The quantitative estimate of drug-likeness (QED) is 0.841. The number of ketones is 1. The molecule has 0 saturated heterocycles. The number of rotatable bonds is 4. The van der Waals surface area contributed by atoms with Crippen molar-refractivity contribution in [3.63, 3.8) is 0 Å². The molecule has 0 aliphatic carbocycles. The van der Waals surface area contributed by atoms with Gasteiger partial charge in [-0.25, -0.2) is 4.79 Å². The van der Waals surface area contributed by atoms with Crippen molar-refractivity contribution in [3.05, 3.63) is 64.7 Å². The van der Waals surface area contributed by atoms with Crippen LogP contribution in [-0.2, 0) is 0 Å². The number of carbonyl (C=O) groups is 2. The summed E-state index contributed by atoms with van der Waals surface area (Å²) in [5.74, 6) is 0.0356. The fourth-order valence-electron chi connectivity index (χ4n) is 2.47. The van der Waals surface area contributed by atoms with E-state index in [0.29, 0.717) is 16.8 Å². The van der Waals surface area contributed by atoms with Gasteiger partial charge in [0.15, 0.2) is 5.78 Å². The topological polar surface area (TPSA) is 72.2 Å². The van der Waals surface area contributed by atoms with Gasteiger partial charge in [0, 0.05) is 11.1 Å². The van der Waals surface area contributed by atoms with Crippen LogP contribution in [0, 0.1) is 6.92 Å². The maximum Gasteiger partial charge on any atom is 0.316 e. The highest BCUT2D eigenvalue weighted by molar-refractivity contribution is 6.15. The third-order valence-electron chi connectivity index (χ3n) is 3.58. The van der Waals surface area contributed by atoms with Gasteiger partial charge in [-0.15, -0.1) is 0 Å². The first-order valence-electron chi connectivity index (χ1n) is 7.21. The van der Waals surface area contributed by atoms with Crippen LogP contribution in [-0.4, -0.2) is 11.8 Å². The third-order valence-corrected chi connectivity index (χ3v) is 3.58. The number of amides is 2. The lowest BCUT2D eigenvalue weighted by molar-refractivity contribution is 0.103. The molecule has 0 saturated carbocycles. The van der Waals surface area contributed by atoms with Crippen molar-refractivity contribution in [2.45, 2.75) is 26.7 Å². The predicted molar refractivity (Wildman–Crippen MR) is 88.3 cm³/mol. The van der Waals surface area contributed by atoms with E-state index in [0.717, 1.165) is 11.1 Å². The Morgan fingerprint density at radius 3 is 2.23 bits per heavy atom. The van der Waals surface area contributed by atoms with Gasteiger partial charge in [-0.2, -0.15) is 0 Å². The number of nitrogens with one attached hydrogen (secondary N) is 1. The number of hydrogen-bond acceptors (Lipinski definition) is 2. The van der Waals surface area contributed by atoms with E-state index >= 15 is 0 Å². The Kier molecular flexibility index (Phi) is 4.61. The molecule has 4 nitrogen and oxygen atoms in total. The second-order valence-electron chi connectivity index (χ2n) is 5.56. The van der Waals surface area contributed by atoms with Crippen molar-refractivity contribution < 1.29 is 9.59 Å². The van der Waals surface area contributed by atoms with E-state index in [9.17, 15) is 9.59 Å². The lowest BCUT2D eigenvalue weighted by Gasteiger charge is -2.18. The normalized spacial score (nSPS) is 10.5. The SMILES string of the molecule is Cc1ccc(C(C)C)c(C(=O)c2ccccc2)c1NC(N)=O. The Balaban J connectivity index is 2.67. The van der Waals surface area contributed by atoms with Gasteiger partial charge < -0.3 is 11.1 Å². The molecule has 0 aliphatic rings. The van der Waals surface area contributed by atoms with E-state index in [-0.39, 0.29) is 11.7 Å². The summed E-state index contributed by atoms with van der Waals surface area (Å²) in [5.41, 5.74) is 8.56. The summed E-state index contributed by atoms with van der Waals surface area (Å²) in [7, 11) is 0. The number of benzene rings is 2. The highest BCUT2D eigenvalue weighted by Gasteiger charge is 2.22. The minimum atomic E-state index is -0.675. The molecule has 0 radical (unpaired) electrons. The predicted octanol–water partition coefficient (Wildman–Crippen LogP) is 3.84. The van der Waals surface area contributed by atoms with E-state index in [1.54, 1.807) is 12.1 Å². The molecule has 2 amide bonds. The molecule has 0 bridgehead atoms. The molecule has 3 N–H and O–H groups in total. The van der Waals surface area contributed by atoms with Crippen LogP contribution in [0.3, 0.4) is 0 Å². The molecule has 0 aliphatic heterocycles. The van der Waals surface area contributed by atoms with Crippen LogP contribution in [0.15, 0.2) is 42.5 Å². The molecule has 114 valence electrons. The number of urea groups is 1. The molecule has 0 heterocycles. The zero-order valence-corrected chi connectivity index (χ0v) is 13.0. The molecule has 0 spiro atoms. The van der Waals surface area contributed by atoms with E-state index in [4.69, 9.17) is 5.73 Å². The number of primary amides is 1. The molecular formula is C18H20N2O2. The molecule has 0 aromatic heterocycles. The number of hydrogen-bond donors (Lipinski definition) is 2. The van der Waals surface area contributed by atoms with Crippen LogP contribution >= 0.6 is 0 Å². The van der Waals surface area contributed by atoms with Crippen molar-refractivity contribution >= 4 is 17.5 Å². The smallest absolute Gasteiger partial charge is 0.316 e. The zero-order valence-electron chi connectivity index (χ0n) is 13.0. The summed E-state index contributed by atoms with van der Waals surface area (Å²) in [5, 5.41) is 2.61. The van der Waals surface area contributed by atoms with Crippen LogP contribution < -0.4 is 11.1 Å². The van der Waals surface area contributed by atoms with Gasteiger partial charge in [0.05, 0.1) is 5.69 Å². The maximum atomic E-state index is 12.9. The second kappa shape index (κ2) is 6.43. The number of carbonyl (C=O) groups excluding carboxylic acids is 2. The van der Waals surface area contributed by atoms with Crippen molar-refractivity contribution in [2.75, 3.05) is 5.32 Å². The van der Waals surface area contributed by atoms with Crippen LogP contribution in [0.1, 0.15) is 46.8 Å². The first-order chi connectivity index (χ1) is 10.4. The fraction of sp³-hybridized carbons (Fsp3) is 0.222. The number of nitrogens with two attached hydrogens (primary N) is 1. The summed E-state index contributed by atoms with van der Waals surface area (Å²) < 4.78 is 0. The molecule has 4 heteroatoms. The van der Waals surface area contributed by atoms with E-state index in [1.165, 1.54) is 0 Å². The maximum absolute atomic E-state index is 12.9. The molecular weight excluding hydrogens is 276 g/mol. The van der Waals surface area contributed by atoms with Gasteiger partial charge in [0.1, 0.15) is 0 Å². The van der Waals surface area contributed by atoms with E-state index in [2.05, 4.69) is 5.32 Å². The van der Waals surface area contributed by atoms with Crippen molar-refractivity contribution in [2.24, 2.45) is 5.73 Å². The molecule has 2 aromatic carbocycles. The lowest BCUT2D eigenvalue weighted by atomic mass is 9.89. The van der Waals surface area contributed by atoms with Crippen molar-refractivity contribution in [3.8, 4) is 0 Å². The van der Waals surface area contributed by atoms with Gasteiger partial charge >= 0.3 is 6.03 Å². The highest BCUT2D eigenvalue weighted by Crippen LogP contribution is 2.31. The Labute approximate surface area is 130 Å². The molecule has 0 atom stereocenters. The fourth-order valence-corrected chi connectivity index (χ4v) is 2.47. The number of anilines is 1. The Morgan fingerprint density at radius 2 is 1.68 bits per heavy atom. The average Bonchev–Trinajstić information content (AvgIpc) is 2.48. The standard InChI is InChI=1S/C18H20N2O2/c1-11(2)14-10-9-12(3)16(20-18(19)22)15(14)17(21)13-7-5-4-6-8-13/h4-11H,1-3H3,(H3,19,20,22). The monoisotopic (exact) mass is 296 g/mol. The summed E-state index contributed by atoms with van der Waals surface area (Å²) in [6.07, 6.45) is 0. The minimum Gasteiger partial charge on any atom is -0.351 e. The first-order valence-corrected chi connectivity index (χ1v) is 7.21. The Morgan fingerprint density at radius 1 is 1.05 bits per heavy atom. The lowest BCUT2D eigenvalue weighted by Crippen LogP contribution is -2.23. The van der Waals surface area contributed by atoms with Crippen LogP contribution in [0.2, 0.25) is 0 Å². The van der Waals surface area contributed by atoms with Crippen LogP contribution in [0.25, 0.3) is 0 Å². The Bertz CT molecular complexity index is 707. The highest BCUT2D eigenvalue weighted by atomic mass is 16.2. The molecule has 0 unspecified atom stereocenters. The largest absolute Gasteiger partial charge is 0.351 e. The average molecular weight is 296 g/mol. The van der Waals surface area contributed by atoms with E-state index in [1.807, 2.05) is 51.1 Å². The second-order valence-corrected chi connectivity index (χ2v) is 5.56. The van der Waals surface area contributed by atoms with E-state index < -0.39 is 6.03 Å². The summed E-state index contributed by atoms with van der Waals surface area (Å²) in [6, 6.07) is 12.2. The zero-order chi connectivity index (χ0) is 16.3. The summed E-state index contributed by atoms with van der Waals surface area (Å²) in [6.45, 7) is 5.87. The number of aryl methyl sites for hydroxylation is 1. The van der Waals surface area contributed by atoms with Crippen LogP contribution in [0.4, 0.5) is 10.5 Å². The van der Waals surface area contributed by atoms with Gasteiger partial charge in [0.2, 0.25) is 0 Å². The first kappa shape index (κ1) is 15.8. The molecule has 2 rings (SSSR count). The molecule has 22 heavy (non-hydrogen) atoms. The third kappa shape index (κ3) is 3.17. The summed E-state index contributed by atoms with van der Waals surface area (Å²) in [4.78, 5) is 24.2. The Hall–Kier alpha value is -2.62. The van der Waals surface area contributed by atoms with Crippen molar-refractivity contribution in [1.82, 2.24) is 0 Å². The van der Waals surface area contributed by atoms with Crippen molar-refractivity contribution in [1.29, 1.82) is 0 Å². The van der Waals surface area contributed by atoms with Gasteiger partial charge in [0.25, 0.3) is 0 Å². The van der Waals surface area contributed by atoms with Gasteiger partial charge in [-0.1, -0.05) is 56.3 Å². The molecule has 2 aromatic rings. The minimum absolute atomic E-state index is 0.114. The van der Waals surface area contributed by atoms with Crippen LogP contribution in [0.5, 0.6) is 0 Å². The summed E-state index contributed by atoms with van der Waals surface area (Å²) >= 11 is 0. The van der Waals surface area contributed by atoms with Gasteiger partial charge in [-0.3, -0.25) is 4.79 Å².